The Bertz CT molecular complexity index is 538. The molecule has 3 heterocycles. The van der Waals surface area contributed by atoms with E-state index in [1.807, 2.05) is 0 Å². The van der Waals surface area contributed by atoms with Crippen LogP contribution in [0, 0.1) is 0 Å². The molecule has 0 aromatic heterocycles. The summed E-state index contributed by atoms with van der Waals surface area (Å²) in [6.45, 7) is 6.01. The van der Waals surface area contributed by atoms with E-state index in [1.165, 1.54) is 89.5 Å². The molecule has 0 aliphatic carbocycles. The van der Waals surface area contributed by atoms with Gasteiger partial charge in [-0.25, -0.2) is 0 Å². The number of nitrogens with zero attached hydrogens (tertiary/aromatic N) is 2. The average molecular weight is 357 g/mol. The maximum Gasteiger partial charge on any atom is 0.119 e. The maximum absolute atomic E-state index is 5.99. The fourth-order valence-corrected chi connectivity index (χ4v) is 5.25. The molecule has 144 valence electrons. The highest BCUT2D eigenvalue weighted by Crippen LogP contribution is 2.39. The van der Waals surface area contributed by atoms with Crippen LogP contribution in [0.15, 0.2) is 24.3 Å². The van der Waals surface area contributed by atoms with Crippen LogP contribution in [0.5, 0.6) is 5.75 Å². The van der Waals surface area contributed by atoms with Gasteiger partial charge >= 0.3 is 0 Å². The van der Waals surface area contributed by atoms with Gasteiger partial charge in [0.15, 0.2) is 0 Å². The molecule has 3 heteroatoms. The smallest absolute Gasteiger partial charge is 0.119 e. The largest absolute Gasteiger partial charge is 0.494 e. The third-order valence-electron chi connectivity index (χ3n) is 6.69. The Balaban J connectivity index is 1.19. The van der Waals surface area contributed by atoms with Crippen LogP contribution in [-0.4, -0.2) is 48.6 Å². The molecule has 3 fully saturated rings. The molecule has 0 amide bonds. The fourth-order valence-electron chi connectivity index (χ4n) is 5.25. The molecule has 0 radical (unpaired) electrons. The Kier molecular flexibility index (Phi) is 6.50. The first-order valence-electron chi connectivity index (χ1n) is 11.1. The normalized spacial score (nSPS) is 27.4. The molecule has 1 unspecified atom stereocenters. The topological polar surface area (TPSA) is 15.7 Å². The number of unbranched alkanes of at least 4 members (excludes halogenated alkanes) is 1. The van der Waals surface area contributed by atoms with Crippen molar-refractivity contribution in [2.75, 3.05) is 32.8 Å². The lowest BCUT2D eigenvalue weighted by Crippen LogP contribution is -2.37. The van der Waals surface area contributed by atoms with Gasteiger partial charge in [0.25, 0.3) is 0 Å². The first kappa shape index (κ1) is 18.3. The minimum atomic E-state index is 0.648. The molecule has 2 atom stereocenters. The minimum Gasteiger partial charge on any atom is -0.494 e. The quantitative estimate of drug-likeness (QED) is 0.638. The van der Waals surface area contributed by atoms with Gasteiger partial charge in [0.1, 0.15) is 5.75 Å². The summed E-state index contributed by atoms with van der Waals surface area (Å²) in [4.78, 5) is 5.38. The van der Waals surface area contributed by atoms with Gasteiger partial charge in [-0.2, -0.15) is 0 Å². The molecule has 4 rings (SSSR count). The van der Waals surface area contributed by atoms with Crippen LogP contribution in [0.25, 0.3) is 0 Å². The summed E-state index contributed by atoms with van der Waals surface area (Å²) >= 11 is 0. The van der Waals surface area contributed by atoms with Crippen molar-refractivity contribution in [3.63, 3.8) is 0 Å². The van der Waals surface area contributed by atoms with Crippen molar-refractivity contribution in [1.82, 2.24) is 9.80 Å². The number of likely N-dealkylation sites (tertiary alicyclic amines) is 1. The summed E-state index contributed by atoms with van der Waals surface area (Å²) < 4.78 is 5.99. The highest BCUT2D eigenvalue weighted by molar-refractivity contribution is 5.29. The molecule has 0 saturated carbocycles. The van der Waals surface area contributed by atoms with Gasteiger partial charge in [-0.3, -0.25) is 4.90 Å². The van der Waals surface area contributed by atoms with Gasteiger partial charge in [0, 0.05) is 12.1 Å². The van der Waals surface area contributed by atoms with Crippen molar-refractivity contribution in [1.29, 1.82) is 0 Å². The molecule has 3 saturated heterocycles. The summed E-state index contributed by atoms with van der Waals surface area (Å²) in [7, 11) is 0. The van der Waals surface area contributed by atoms with Crippen LogP contribution >= 0.6 is 0 Å². The second-order valence-electron chi connectivity index (χ2n) is 8.51. The summed E-state index contributed by atoms with van der Waals surface area (Å²) in [5.41, 5.74) is 1.49. The van der Waals surface area contributed by atoms with E-state index in [2.05, 4.69) is 34.1 Å². The molecule has 1 aromatic carbocycles. The van der Waals surface area contributed by atoms with Crippen LogP contribution in [0.2, 0.25) is 0 Å². The van der Waals surface area contributed by atoms with Gasteiger partial charge in [-0.15, -0.1) is 0 Å². The zero-order chi connectivity index (χ0) is 17.6. The van der Waals surface area contributed by atoms with Crippen molar-refractivity contribution in [3.8, 4) is 5.75 Å². The van der Waals surface area contributed by atoms with Crippen molar-refractivity contribution < 1.29 is 4.74 Å². The van der Waals surface area contributed by atoms with Crippen molar-refractivity contribution in [2.45, 2.75) is 76.3 Å². The van der Waals surface area contributed by atoms with Crippen LogP contribution < -0.4 is 4.74 Å². The predicted octanol–water partition coefficient (Wildman–Crippen LogP) is 5.02. The Morgan fingerprint density at radius 2 is 1.62 bits per heavy atom. The van der Waals surface area contributed by atoms with E-state index >= 15 is 0 Å². The lowest BCUT2D eigenvalue weighted by molar-refractivity contribution is 0.123. The summed E-state index contributed by atoms with van der Waals surface area (Å²) in [6, 6.07) is 10.5. The molecule has 3 nitrogen and oxygen atoms in total. The zero-order valence-electron chi connectivity index (χ0n) is 16.4. The molecular formula is C23H36N2O. The monoisotopic (exact) mass is 356 g/mol. The molecule has 0 N–H and O–H groups in total. The fraction of sp³-hybridized carbons (Fsp3) is 0.739. The lowest BCUT2D eigenvalue weighted by Gasteiger charge is -2.38. The maximum atomic E-state index is 5.99. The molecule has 1 aromatic rings. The number of fused-ring (bicyclic) bond motifs is 1. The molecule has 0 bridgehead atoms. The van der Waals surface area contributed by atoms with Crippen LogP contribution in [0.1, 0.15) is 75.8 Å². The second kappa shape index (κ2) is 9.23. The summed E-state index contributed by atoms with van der Waals surface area (Å²) in [6.07, 6.45) is 13.6. The van der Waals surface area contributed by atoms with Gasteiger partial charge < -0.3 is 9.64 Å². The number of rotatable bonds is 7. The molecule has 3 aliphatic heterocycles. The van der Waals surface area contributed by atoms with E-state index in [4.69, 9.17) is 4.74 Å². The predicted molar refractivity (Wildman–Crippen MR) is 108 cm³/mol. The first-order chi connectivity index (χ1) is 12.9. The van der Waals surface area contributed by atoms with Crippen LogP contribution in [0.4, 0.5) is 0 Å². The summed E-state index contributed by atoms with van der Waals surface area (Å²) in [5, 5.41) is 0. The van der Waals surface area contributed by atoms with Crippen molar-refractivity contribution in [3.05, 3.63) is 29.8 Å². The van der Waals surface area contributed by atoms with Gasteiger partial charge in [0.2, 0.25) is 0 Å². The SMILES string of the molecule is c1cc(C2CCC[C@@H]3CCCN23)ccc1OCCCCN1CCCCC1. The molecule has 26 heavy (non-hydrogen) atoms. The summed E-state index contributed by atoms with van der Waals surface area (Å²) in [5.74, 6) is 1.04. The van der Waals surface area contributed by atoms with Gasteiger partial charge in [-0.05, 0) is 102 Å². The second-order valence-corrected chi connectivity index (χ2v) is 8.51. The Morgan fingerprint density at radius 1 is 0.808 bits per heavy atom. The Labute approximate surface area is 159 Å². The highest BCUT2D eigenvalue weighted by atomic mass is 16.5. The Hall–Kier alpha value is -1.06. The van der Waals surface area contributed by atoms with Gasteiger partial charge in [0.05, 0.1) is 6.61 Å². The minimum absolute atomic E-state index is 0.648. The van der Waals surface area contributed by atoms with Crippen LogP contribution in [0.3, 0.4) is 0 Å². The van der Waals surface area contributed by atoms with Crippen LogP contribution in [-0.2, 0) is 0 Å². The lowest BCUT2D eigenvalue weighted by atomic mass is 9.92. The molecular weight excluding hydrogens is 320 g/mol. The highest BCUT2D eigenvalue weighted by Gasteiger charge is 2.34. The third kappa shape index (κ3) is 4.61. The molecule has 0 spiro atoms. The van der Waals surface area contributed by atoms with Crippen molar-refractivity contribution in [2.24, 2.45) is 0 Å². The van der Waals surface area contributed by atoms with E-state index in [1.54, 1.807) is 0 Å². The van der Waals surface area contributed by atoms with E-state index in [9.17, 15) is 0 Å². The Morgan fingerprint density at radius 3 is 2.46 bits per heavy atom. The van der Waals surface area contributed by atoms with E-state index in [0.29, 0.717) is 6.04 Å². The van der Waals surface area contributed by atoms with Gasteiger partial charge in [-0.1, -0.05) is 18.6 Å². The van der Waals surface area contributed by atoms with Crippen molar-refractivity contribution >= 4 is 0 Å². The standard InChI is InChI=1S/C23H36N2O/c1-2-15-24(16-3-1)17-4-5-19-26-22-13-11-20(12-14-22)23-10-6-8-21-9-7-18-25(21)23/h11-14,21,23H,1-10,15-19H2/t21-,23?/m1/s1. The number of piperidine rings is 2. The molecule has 3 aliphatic rings. The number of benzene rings is 1. The average Bonchev–Trinajstić information content (AvgIpc) is 3.18. The number of hydrogen-bond donors (Lipinski definition) is 0. The van der Waals surface area contributed by atoms with E-state index < -0.39 is 0 Å². The third-order valence-corrected chi connectivity index (χ3v) is 6.69. The van der Waals surface area contributed by atoms with E-state index in [-0.39, 0.29) is 0 Å². The first-order valence-corrected chi connectivity index (χ1v) is 11.1. The number of ether oxygens (including phenoxy) is 1. The van der Waals surface area contributed by atoms with E-state index in [0.717, 1.165) is 24.8 Å². The zero-order valence-corrected chi connectivity index (χ0v) is 16.4. The number of hydrogen-bond acceptors (Lipinski definition) is 3.